The number of sulfonamides is 1. The minimum Gasteiger partial charge on any atom is -0.279 e. The fourth-order valence-electron chi connectivity index (χ4n) is 2.51. The molecular weight excluding hydrogens is 318 g/mol. The zero-order valence-electron chi connectivity index (χ0n) is 13.4. The Labute approximate surface area is 143 Å². The fraction of sp³-hybridized carbons (Fsp3) is 0.100. The van der Waals surface area contributed by atoms with Gasteiger partial charge in [0.1, 0.15) is 0 Å². The van der Waals surface area contributed by atoms with Crippen molar-refractivity contribution in [3.05, 3.63) is 95.6 Å². The molecule has 0 unspecified atom stereocenters. The number of rotatable bonds is 5. The molecule has 1 N–H and O–H groups in total. The van der Waals surface area contributed by atoms with Gasteiger partial charge in [-0.3, -0.25) is 4.72 Å². The molecule has 0 aromatic heterocycles. The van der Waals surface area contributed by atoms with Gasteiger partial charge < -0.3 is 0 Å². The lowest BCUT2D eigenvalue weighted by Crippen LogP contribution is -2.14. The van der Waals surface area contributed by atoms with Crippen LogP contribution in [0, 0.1) is 6.92 Å². The van der Waals surface area contributed by atoms with E-state index in [-0.39, 0.29) is 4.90 Å². The summed E-state index contributed by atoms with van der Waals surface area (Å²) in [6.07, 6.45) is 0.674. The van der Waals surface area contributed by atoms with E-state index < -0.39 is 10.0 Å². The van der Waals surface area contributed by atoms with Crippen LogP contribution in [-0.2, 0) is 16.4 Å². The zero-order chi connectivity index (χ0) is 17.0. The van der Waals surface area contributed by atoms with E-state index in [0.29, 0.717) is 12.1 Å². The van der Waals surface area contributed by atoms with Gasteiger partial charge in [-0.1, -0.05) is 66.2 Å². The van der Waals surface area contributed by atoms with Crippen molar-refractivity contribution in [3.8, 4) is 0 Å². The van der Waals surface area contributed by atoms with Gasteiger partial charge in [0, 0.05) is 0 Å². The number of nitrogens with one attached hydrogen (secondary N) is 1. The smallest absolute Gasteiger partial charge is 0.261 e. The zero-order valence-corrected chi connectivity index (χ0v) is 14.3. The third kappa shape index (κ3) is 3.84. The Morgan fingerprint density at radius 3 is 2.12 bits per heavy atom. The largest absolute Gasteiger partial charge is 0.279 e. The maximum atomic E-state index is 12.6. The highest BCUT2D eigenvalue weighted by molar-refractivity contribution is 7.92. The Kier molecular flexibility index (Phi) is 4.67. The van der Waals surface area contributed by atoms with E-state index in [0.717, 1.165) is 16.7 Å². The van der Waals surface area contributed by atoms with Crippen LogP contribution in [-0.4, -0.2) is 8.42 Å². The van der Waals surface area contributed by atoms with Crippen molar-refractivity contribution in [2.75, 3.05) is 4.72 Å². The van der Waals surface area contributed by atoms with Crippen molar-refractivity contribution in [2.24, 2.45) is 0 Å². The molecule has 24 heavy (non-hydrogen) atoms. The van der Waals surface area contributed by atoms with Crippen LogP contribution in [0.4, 0.5) is 5.69 Å². The van der Waals surface area contributed by atoms with Crippen LogP contribution in [0.5, 0.6) is 0 Å². The van der Waals surface area contributed by atoms with E-state index in [1.54, 1.807) is 30.3 Å². The van der Waals surface area contributed by atoms with Gasteiger partial charge in [-0.15, -0.1) is 0 Å². The topological polar surface area (TPSA) is 46.2 Å². The van der Waals surface area contributed by atoms with Crippen molar-refractivity contribution in [3.63, 3.8) is 0 Å². The molecule has 3 aromatic rings. The summed E-state index contributed by atoms with van der Waals surface area (Å²) >= 11 is 0. The van der Waals surface area contributed by atoms with Gasteiger partial charge >= 0.3 is 0 Å². The molecule has 3 rings (SSSR count). The summed E-state index contributed by atoms with van der Waals surface area (Å²) in [6.45, 7) is 1.93. The summed E-state index contributed by atoms with van der Waals surface area (Å²) in [5.74, 6) is 0. The Hall–Kier alpha value is -2.59. The molecule has 0 aliphatic heterocycles. The van der Waals surface area contributed by atoms with E-state index in [1.807, 2.05) is 55.5 Å². The SMILES string of the molecule is Cc1ccc(S(=O)(=O)Nc2ccccc2Cc2ccccc2)cc1. The number of benzene rings is 3. The fourth-order valence-corrected chi connectivity index (χ4v) is 3.61. The second kappa shape index (κ2) is 6.89. The third-order valence-corrected chi connectivity index (χ3v) is 5.21. The highest BCUT2D eigenvalue weighted by Gasteiger charge is 2.15. The van der Waals surface area contributed by atoms with Crippen LogP contribution in [0.2, 0.25) is 0 Å². The lowest BCUT2D eigenvalue weighted by atomic mass is 10.0. The summed E-state index contributed by atoms with van der Waals surface area (Å²) in [5.41, 5.74) is 3.72. The van der Waals surface area contributed by atoms with E-state index in [4.69, 9.17) is 0 Å². The second-order valence-corrected chi connectivity index (χ2v) is 7.42. The number of hydrogen-bond donors (Lipinski definition) is 1. The minimum atomic E-state index is -3.59. The molecule has 0 fully saturated rings. The Balaban J connectivity index is 1.89. The summed E-state index contributed by atoms with van der Waals surface area (Å²) in [4.78, 5) is 0.266. The number of anilines is 1. The lowest BCUT2D eigenvalue weighted by molar-refractivity contribution is 0.601. The van der Waals surface area contributed by atoms with Crippen LogP contribution in [0.25, 0.3) is 0 Å². The maximum absolute atomic E-state index is 12.6. The molecule has 0 radical (unpaired) electrons. The third-order valence-electron chi connectivity index (χ3n) is 3.83. The van der Waals surface area contributed by atoms with Crippen LogP contribution in [0.15, 0.2) is 83.8 Å². The molecule has 122 valence electrons. The molecule has 0 saturated carbocycles. The Morgan fingerprint density at radius 2 is 1.42 bits per heavy atom. The van der Waals surface area contributed by atoms with Crippen molar-refractivity contribution in [2.45, 2.75) is 18.2 Å². The van der Waals surface area contributed by atoms with Crippen molar-refractivity contribution < 1.29 is 8.42 Å². The van der Waals surface area contributed by atoms with Crippen LogP contribution in [0.3, 0.4) is 0 Å². The molecular formula is C20H19NO2S. The molecule has 0 aliphatic rings. The summed E-state index contributed by atoms with van der Waals surface area (Å²) < 4.78 is 27.9. The molecule has 0 aliphatic carbocycles. The van der Waals surface area contributed by atoms with Crippen LogP contribution in [0.1, 0.15) is 16.7 Å². The first-order chi connectivity index (χ1) is 11.5. The highest BCUT2D eigenvalue weighted by Crippen LogP contribution is 2.22. The van der Waals surface area contributed by atoms with Crippen LogP contribution < -0.4 is 4.72 Å². The first-order valence-electron chi connectivity index (χ1n) is 7.76. The molecule has 0 amide bonds. The number of hydrogen-bond acceptors (Lipinski definition) is 2. The van der Waals surface area contributed by atoms with Gasteiger partial charge in [-0.2, -0.15) is 0 Å². The van der Waals surface area contributed by atoms with Crippen LogP contribution >= 0.6 is 0 Å². The molecule has 3 nitrogen and oxygen atoms in total. The van der Waals surface area contributed by atoms with E-state index in [1.165, 1.54) is 0 Å². The molecule has 0 heterocycles. The lowest BCUT2D eigenvalue weighted by Gasteiger charge is -2.13. The van der Waals surface area contributed by atoms with Crippen molar-refractivity contribution >= 4 is 15.7 Å². The van der Waals surface area contributed by atoms with Gasteiger partial charge in [-0.05, 0) is 42.7 Å². The van der Waals surface area contributed by atoms with Gasteiger partial charge in [0.25, 0.3) is 10.0 Å². The monoisotopic (exact) mass is 337 g/mol. The highest BCUT2D eigenvalue weighted by atomic mass is 32.2. The second-order valence-electron chi connectivity index (χ2n) is 5.74. The normalized spacial score (nSPS) is 11.2. The quantitative estimate of drug-likeness (QED) is 0.751. The molecule has 0 spiro atoms. The standard InChI is InChI=1S/C20H19NO2S/c1-16-11-13-19(14-12-16)24(22,23)21-20-10-6-5-9-18(20)15-17-7-3-2-4-8-17/h2-14,21H,15H2,1H3. The van der Waals surface area contributed by atoms with E-state index in [2.05, 4.69) is 4.72 Å². The van der Waals surface area contributed by atoms with Gasteiger partial charge in [0.05, 0.1) is 10.6 Å². The van der Waals surface area contributed by atoms with Gasteiger partial charge in [-0.25, -0.2) is 8.42 Å². The predicted octanol–water partition coefficient (Wildman–Crippen LogP) is 4.39. The summed E-state index contributed by atoms with van der Waals surface area (Å²) in [5, 5.41) is 0. The average molecular weight is 337 g/mol. The summed E-state index contributed by atoms with van der Waals surface area (Å²) in [6, 6.07) is 24.3. The van der Waals surface area contributed by atoms with E-state index in [9.17, 15) is 8.42 Å². The average Bonchev–Trinajstić information content (AvgIpc) is 2.58. The van der Waals surface area contributed by atoms with Gasteiger partial charge in [0.2, 0.25) is 0 Å². The number of para-hydroxylation sites is 1. The predicted molar refractivity (Wildman–Crippen MR) is 97.7 cm³/mol. The molecule has 0 bridgehead atoms. The summed E-state index contributed by atoms with van der Waals surface area (Å²) in [7, 11) is -3.59. The molecule has 4 heteroatoms. The Morgan fingerprint density at radius 1 is 0.792 bits per heavy atom. The molecule has 3 aromatic carbocycles. The number of aryl methyl sites for hydroxylation is 1. The Bertz CT molecular complexity index is 917. The van der Waals surface area contributed by atoms with Gasteiger partial charge in [0.15, 0.2) is 0 Å². The molecule has 0 saturated heterocycles. The first kappa shape index (κ1) is 16.3. The van der Waals surface area contributed by atoms with Crippen molar-refractivity contribution in [1.82, 2.24) is 0 Å². The van der Waals surface area contributed by atoms with Crippen molar-refractivity contribution in [1.29, 1.82) is 0 Å². The van der Waals surface area contributed by atoms with E-state index >= 15 is 0 Å². The minimum absolute atomic E-state index is 0.266. The maximum Gasteiger partial charge on any atom is 0.261 e. The first-order valence-corrected chi connectivity index (χ1v) is 9.24. The molecule has 0 atom stereocenters.